The van der Waals surface area contributed by atoms with Gasteiger partial charge in [0.25, 0.3) is 0 Å². The van der Waals surface area contributed by atoms with Crippen molar-refractivity contribution in [2.24, 2.45) is 0 Å². The van der Waals surface area contributed by atoms with Crippen molar-refractivity contribution in [3.8, 4) is 0 Å². The van der Waals surface area contributed by atoms with Gasteiger partial charge in [-0.3, -0.25) is 9.59 Å². The number of carbonyl (C=O) groups is 2. The molecule has 1 atom stereocenters. The lowest BCUT2D eigenvalue weighted by Crippen LogP contribution is -2.14. The number of anilines is 1. The van der Waals surface area contributed by atoms with E-state index in [9.17, 15) is 9.59 Å². The minimum absolute atomic E-state index is 0.0755. The molecule has 0 aliphatic rings. The van der Waals surface area contributed by atoms with Crippen LogP contribution in [-0.4, -0.2) is 29.2 Å². The summed E-state index contributed by atoms with van der Waals surface area (Å²) in [5.41, 5.74) is 2.75. The summed E-state index contributed by atoms with van der Waals surface area (Å²) in [6.07, 6.45) is 1.26. The van der Waals surface area contributed by atoms with E-state index >= 15 is 0 Å². The number of amides is 1. The Morgan fingerprint density at radius 3 is 2.65 bits per heavy atom. The highest BCUT2D eigenvalue weighted by Gasteiger charge is 2.11. The summed E-state index contributed by atoms with van der Waals surface area (Å²) in [6, 6.07) is 7.98. The molecule has 5 nitrogen and oxygen atoms in total. The molecular weight excluding hydrogens is 368 g/mol. The highest BCUT2D eigenvalue weighted by Crippen LogP contribution is 2.24. The van der Waals surface area contributed by atoms with Crippen LogP contribution in [0.2, 0.25) is 0 Å². The molecule has 2 rings (SSSR count). The van der Waals surface area contributed by atoms with Gasteiger partial charge in [0.05, 0.1) is 24.5 Å². The molecule has 2 aromatic rings. The minimum atomic E-state index is -0.284. The van der Waals surface area contributed by atoms with Gasteiger partial charge in [0.1, 0.15) is 0 Å². The number of hydrogen-bond donors (Lipinski definition) is 1. The van der Waals surface area contributed by atoms with Crippen LogP contribution in [0.3, 0.4) is 0 Å². The van der Waals surface area contributed by atoms with Gasteiger partial charge < -0.3 is 10.1 Å². The van der Waals surface area contributed by atoms with E-state index in [1.54, 1.807) is 6.92 Å². The summed E-state index contributed by atoms with van der Waals surface area (Å²) in [5.74, 6) is 0.435. The van der Waals surface area contributed by atoms with Crippen LogP contribution in [0.4, 0.5) is 5.69 Å². The number of thiazole rings is 1. The van der Waals surface area contributed by atoms with Crippen molar-refractivity contribution >= 4 is 40.7 Å². The monoisotopic (exact) mass is 392 g/mol. The first-order valence-corrected chi connectivity index (χ1v) is 10.5. The van der Waals surface area contributed by atoms with Gasteiger partial charge in [-0.2, -0.15) is 0 Å². The molecule has 0 fully saturated rings. The number of carbonyl (C=O) groups excluding carboxylic acids is 2. The molecule has 0 aliphatic heterocycles. The summed E-state index contributed by atoms with van der Waals surface area (Å²) in [7, 11) is 0. The van der Waals surface area contributed by atoms with Crippen molar-refractivity contribution < 1.29 is 14.3 Å². The topological polar surface area (TPSA) is 68.3 Å². The van der Waals surface area contributed by atoms with E-state index in [2.05, 4.69) is 36.3 Å². The fourth-order valence-electron chi connectivity index (χ4n) is 2.25. The van der Waals surface area contributed by atoms with E-state index in [-0.39, 0.29) is 24.1 Å². The summed E-state index contributed by atoms with van der Waals surface area (Å²) >= 11 is 2.79. The number of esters is 1. The fourth-order valence-corrected chi connectivity index (χ4v) is 3.90. The first kappa shape index (κ1) is 20.5. The number of hydrogen-bond acceptors (Lipinski definition) is 6. The van der Waals surface area contributed by atoms with E-state index in [0.29, 0.717) is 18.2 Å². The highest BCUT2D eigenvalue weighted by atomic mass is 32.2. The maximum Gasteiger partial charge on any atom is 0.311 e. The third-order valence-electron chi connectivity index (χ3n) is 3.86. The molecule has 1 N–H and O–H groups in total. The average Bonchev–Trinajstić information content (AvgIpc) is 3.07. The molecule has 0 bridgehead atoms. The van der Waals surface area contributed by atoms with Gasteiger partial charge in [0.2, 0.25) is 5.91 Å². The Hall–Kier alpha value is -1.86. The van der Waals surface area contributed by atoms with Gasteiger partial charge in [-0.25, -0.2) is 4.98 Å². The Balaban J connectivity index is 1.80. The molecular formula is C19H24N2O3S2. The molecule has 0 spiro atoms. The van der Waals surface area contributed by atoms with Crippen molar-refractivity contribution in [1.82, 2.24) is 4.98 Å². The number of nitrogens with one attached hydrogen (secondary N) is 1. The lowest BCUT2D eigenvalue weighted by atomic mass is 9.99. The fraction of sp³-hybridized carbons (Fsp3) is 0.421. The third-order valence-corrected chi connectivity index (χ3v) is 5.93. The van der Waals surface area contributed by atoms with Crippen LogP contribution >= 0.6 is 23.1 Å². The van der Waals surface area contributed by atoms with Gasteiger partial charge in [-0.15, -0.1) is 11.3 Å². The zero-order valence-corrected chi connectivity index (χ0v) is 16.9. The lowest BCUT2D eigenvalue weighted by molar-refractivity contribution is -0.142. The van der Waals surface area contributed by atoms with E-state index < -0.39 is 0 Å². The normalized spacial score (nSPS) is 11.8. The van der Waals surface area contributed by atoms with Gasteiger partial charge in [0, 0.05) is 11.1 Å². The minimum Gasteiger partial charge on any atom is -0.466 e. The highest BCUT2D eigenvalue weighted by molar-refractivity contribution is 8.01. The predicted molar refractivity (Wildman–Crippen MR) is 107 cm³/mol. The first-order chi connectivity index (χ1) is 12.5. The molecule has 0 unspecified atom stereocenters. The second-order valence-electron chi connectivity index (χ2n) is 5.85. The third kappa shape index (κ3) is 6.46. The second kappa shape index (κ2) is 10.3. The second-order valence-corrected chi connectivity index (χ2v) is 7.94. The largest absolute Gasteiger partial charge is 0.466 e. The lowest BCUT2D eigenvalue weighted by Gasteiger charge is -2.10. The maximum atomic E-state index is 12.1. The number of rotatable bonds is 9. The number of aromatic nitrogens is 1. The SMILES string of the molecule is CCOC(=O)Cc1csc(SCC(=O)Nc2ccc([C@H](C)CC)cc2)n1. The van der Waals surface area contributed by atoms with Crippen LogP contribution in [-0.2, 0) is 20.7 Å². The van der Waals surface area contributed by atoms with Crippen LogP contribution in [0.5, 0.6) is 0 Å². The zero-order chi connectivity index (χ0) is 18.9. The summed E-state index contributed by atoms with van der Waals surface area (Å²) in [4.78, 5) is 27.9. The molecule has 0 saturated heterocycles. The Kier molecular flexibility index (Phi) is 8.12. The Labute approximate surface area is 162 Å². The van der Waals surface area contributed by atoms with Crippen LogP contribution in [0.1, 0.15) is 44.4 Å². The van der Waals surface area contributed by atoms with E-state index in [0.717, 1.165) is 16.4 Å². The number of benzene rings is 1. The number of thioether (sulfide) groups is 1. The number of ether oxygens (including phenoxy) is 1. The molecule has 0 radical (unpaired) electrons. The first-order valence-electron chi connectivity index (χ1n) is 8.64. The van der Waals surface area contributed by atoms with Crippen LogP contribution in [0.15, 0.2) is 34.0 Å². The van der Waals surface area contributed by atoms with Crippen molar-refractivity contribution in [1.29, 1.82) is 0 Å². The number of nitrogens with zero attached hydrogens (tertiary/aromatic N) is 1. The van der Waals surface area contributed by atoms with Gasteiger partial charge >= 0.3 is 5.97 Å². The van der Waals surface area contributed by atoms with Crippen LogP contribution < -0.4 is 5.32 Å². The summed E-state index contributed by atoms with van der Waals surface area (Å²) in [6.45, 7) is 6.49. The predicted octanol–water partition coefficient (Wildman–Crippen LogP) is 4.49. The Morgan fingerprint density at radius 2 is 2.00 bits per heavy atom. The van der Waals surface area contributed by atoms with Crippen LogP contribution in [0, 0.1) is 0 Å². The summed E-state index contributed by atoms with van der Waals surface area (Å²) < 4.78 is 5.67. The molecule has 1 amide bonds. The van der Waals surface area contributed by atoms with Crippen LogP contribution in [0.25, 0.3) is 0 Å². The molecule has 1 aromatic carbocycles. The molecule has 1 aromatic heterocycles. The summed E-state index contributed by atoms with van der Waals surface area (Å²) in [5, 5.41) is 4.72. The van der Waals surface area contributed by atoms with Crippen molar-refractivity contribution in [3.63, 3.8) is 0 Å². The van der Waals surface area contributed by atoms with Gasteiger partial charge in [-0.1, -0.05) is 37.7 Å². The van der Waals surface area contributed by atoms with E-state index in [1.807, 2.05) is 17.5 Å². The quantitative estimate of drug-likeness (QED) is 0.503. The average molecular weight is 393 g/mol. The Bertz CT molecular complexity index is 729. The molecule has 0 saturated carbocycles. The van der Waals surface area contributed by atoms with E-state index in [1.165, 1.54) is 28.7 Å². The van der Waals surface area contributed by atoms with Crippen molar-refractivity contribution in [2.45, 2.75) is 43.9 Å². The Morgan fingerprint density at radius 1 is 1.27 bits per heavy atom. The zero-order valence-electron chi connectivity index (χ0n) is 15.3. The maximum absolute atomic E-state index is 12.1. The van der Waals surface area contributed by atoms with Gasteiger partial charge in [0.15, 0.2) is 4.34 Å². The molecule has 1 heterocycles. The molecule has 26 heavy (non-hydrogen) atoms. The van der Waals surface area contributed by atoms with Gasteiger partial charge in [-0.05, 0) is 37.0 Å². The van der Waals surface area contributed by atoms with Crippen molar-refractivity contribution in [3.05, 3.63) is 40.9 Å². The van der Waals surface area contributed by atoms with E-state index in [4.69, 9.17) is 4.74 Å². The smallest absolute Gasteiger partial charge is 0.311 e. The molecule has 7 heteroatoms. The standard InChI is InChI=1S/C19H24N2O3S2/c1-4-13(3)14-6-8-15(9-7-14)20-17(22)12-26-19-21-16(11-25-19)10-18(23)24-5-2/h6-9,11,13H,4-5,10,12H2,1-3H3,(H,20,22)/t13-/m1/s1. The molecule has 0 aliphatic carbocycles. The van der Waals surface area contributed by atoms with Crippen molar-refractivity contribution in [2.75, 3.05) is 17.7 Å². The molecule has 140 valence electrons.